The van der Waals surface area contributed by atoms with Crippen LogP contribution in [-0.2, 0) is 13.2 Å². The summed E-state index contributed by atoms with van der Waals surface area (Å²) in [6.07, 6.45) is -4.51. The van der Waals surface area contributed by atoms with Crippen LogP contribution in [0.4, 0.5) is 13.2 Å². The van der Waals surface area contributed by atoms with Gasteiger partial charge in [-0.2, -0.15) is 13.2 Å². The highest BCUT2D eigenvalue weighted by Gasteiger charge is 2.37. The van der Waals surface area contributed by atoms with Gasteiger partial charge >= 0.3 is 6.18 Å². The van der Waals surface area contributed by atoms with Gasteiger partial charge in [0.2, 0.25) is 5.82 Å². The van der Waals surface area contributed by atoms with Gasteiger partial charge in [0.15, 0.2) is 5.16 Å². The van der Waals surface area contributed by atoms with Crippen LogP contribution in [0, 0.1) is 0 Å². The molecule has 0 radical (unpaired) electrons. The second-order valence-corrected chi connectivity index (χ2v) is 5.86. The van der Waals surface area contributed by atoms with Gasteiger partial charge in [0.05, 0.1) is 0 Å². The average molecular weight is 322 g/mol. The number of thioether (sulfide) groups is 1. The monoisotopic (exact) mass is 321 g/mol. The Bertz CT molecular complexity index is 612. The molecule has 0 bridgehead atoms. The molecule has 2 rings (SSSR count). The van der Waals surface area contributed by atoms with Crippen molar-refractivity contribution < 1.29 is 13.2 Å². The van der Waals surface area contributed by atoms with E-state index in [1.165, 1.54) is 18.8 Å². The second kappa shape index (κ2) is 5.65. The van der Waals surface area contributed by atoms with Gasteiger partial charge in [0.25, 0.3) is 0 Å². The van der Waals surface area contributed by atoms with Crippen molar-refractivity contribution in [1.82, 2.24) is 14.8 Å². The third-order valence-electron chi connectivity index (χ3n) is 2.71. The first-order valence-electron chi connectivity index (χ1n) is 5.68. The lowest BCUT2D eigenvalue weighted by Gasteiger charge is -2.13. The van der Waals surface area contributed by atoms with E-state index in [0.29, 0.717) is 5.02 Å². The molecule has 1 aromatic heterocycles. The van der Waals surface area contributed by atoms with Crippen LogP contribution in [0.15, 0.2) is 29.4 Å². The molecule has 0 amide bonds. The first kappa shape index (κ1) is 15.2. The Morgan fingerprint density at radius 1 is 1.25 bits per heavy atom. The summed E-state index contributed by atoms with van der Waals surface area (Å²) >= 11 is 7.25. The Morgan fingerprint density at radius 2 is 1.90 bits per heavy atom. The summed E-state index contributed by atoms with van der Waals surface area (Å²) in [6, 6.07) is 7.20. The fraction of sp³-hybridized carbons (Fsp3) is 0.333. The molecule has 0 fully saturated rings. The number of hydrogen-bond donors (Lipinski definition) is 0. The maximum atomic E-state index is 12.6. The normalized spacial score (nSPS) is 13.5. The van der Waals surface area contributed by atoms with Crippen LogP contribution in [0.2, 0.25) is 5.02 Å². The van der Waals surface area contributed by atoms with Gasteiger partial charge in [-0.05, 0) is 18.6 Å². The lowest BCUT2D eigenvalue weighted by Crippen LogP contribution is -2.13. The third-order valence-corrected chi connectivity index (χ3v) is 4.23. The zero-order valence-electron chi connectivity index (χ0n) is 10.6. The molecule has 0 aliphatic heterocycles. The van der Waals surface area contributed by atoms with E-state index in [2.05, 4.69) is 10.2 Å². The average Bonchev–Trinajstić information content (AvgIpc) is 2.71. The van der Waals surface area contributed by atoms with Crippen molar-refractivity contribution in [3.8, 4) is 0 Å². The van der Waals surface area contributed by atoms with Gasteiger partial charge in [-0.15, -0.1) is 10.2 Å². The molecule has 8 heteroatoms. The SMILES string of the molecule is C[C@H](Sc1nnc(C(F)(F)F)n1C)c1ccccc1Cl. The van der Waals surface area contributed by atoms with E-state index in [9.17, 15) is 13.2 Å². The lowest BCUT2D eigenvalue weighted by molar-refractivity contribution is -0.147. The minimum Gasteiger partial charge on any atom is -0.302 e. The van der Waals surface area contributed by atoms with E-state index >= 15 is 0 Å². The van der Waals surface area contributed by atoms with Crippen molar-refractivity contribution in [1.29, 1.82) is 0 Å². The highest BCUT2D eigenvalue weighted by atomic mass is 35.5. The van der Waals surface area contributed by atoms with Gasteiger partial charge in [0.1, 0.15) is 0 Å². The first-order chi connectivity index (χ1) is 9.30. The largest absolute Gasteiger partial charge is 0.451 e. The maximum absolute atomic E-state index is 12.6. The van der Waals surface area contributed by atoms with Crippen LogP contribution in [0.5, 0.6) is 0 Å². The molecule has 0 saturated heterocycles. The summed E-state index contributed by atoms with van der Waals surface area (Å²) in [5, 5.41) is 7.42. The number of halogens is 4. The fourth-order valence-corrected chi connectivity index (χ4v) is 3.04. The fourth-order valence-electron chi connectivity index (χ4n) is 1.69. The Balaban J connectivity index is 2.23. The van der Waals surface area contributed by atoms with Crippen molar-refractivity contribution in [3.05, 3.63) is 40.7 Å². The number of benzene rings is 1. The Labute approximate surface area is 123 Å². The first-order valence-corrected chi connectivity index (χ1v) is 6.94. The molecule has 0 saturated carbocycles. The molecule has 1 aromatic carbocycles. The Morgan fingerprint density at radius 3 is 2.45 bits per heavy atom. The number of aromatic nitrogens is 3. The molecule has 108 valence electrons. The predicted octanol–water partition coefficient (Wildman–Crippen LogP) is 4.34. The summed E-state index contributed by atoms with van der Waals surface area (Å²) in [5.41, 5.74) is 0.843. The zero-order chi connectivity index (χ0) is 14.9. The number of hydrogen-bond acceptors (Lipinski definition) is 3. The molecule has 1 atom stereocenters. The lowest BCUT2D eigenvalue weighted by atomic mass is 10.2. The van der Waals surface area contributed by atoms with Crippen LogP contribution in [0.3, 0.4) is 0 Å². The summed E-state index contributed by atoms with van der Waals surface area (Å²) < 4.78 is 38.8. The topological polar surface area (TPSA) is 30.7 Å². The molecule has 1 heterocycles. The minimum absolute atomic E-state index is 0.132. The summed E-state index contributed by atoms with van der Waals surface area (Å²) in [4.78, 5) is 0. The van der Waals surface area contributed by atoms with Crippen molar-refractivity contribution in [2.75, 3.05) is 0 Å². The quantitative estimate of drug-likeness (QED) is 0.788. The summed E-state index contributed by atoms with van der Waals surface area (Å²) in [6.45, 7) is 1.85. The van der Waals surface area contributed by atoms with E-state index in [-0.39, 0.29) is 10.4 Å². The number of alkyl halides is 3. The van der Waals surface area contributed by atoms with Crippen LogP contribution >= 0.6 is 23.4 Å². The third kappa shape index (κ3) is 3.09. The highest BCUT2D eigenvalue weighted by molar-refractivity contribution is 7.99. The van der Waals surface area contributed by atoms with Crippen molar-refractivity contribution in [3.63, 3.8) is 0 Å². The molecular formula is C12H11ClF3N3S. The summed E-state index contributed by atoms with van der Waals surface area (Å²) in [7, 11) is 1.30. The Hall–Kier alpha value is -1.21. The van der Waals surface area contributed by atoms with Gasteiger partial charge in [-0.1, -0.05) is 41.6 Å². The standard InChI is InChI=1S/C12H11ClF3N3S/c1-7(8-5-3-4-6-9(8)13)20-11-18-17-10(19(11)2)12(14,15)16/h3-7H,1-2H3/t7-/m0/s1. The molecule has 0 unspecified atom stereocenters. The van der Waals surface area contributed by atoms with E-state index in [0.717, 1.165) is 10.1 Å². The van der Waals surface area contributed by atoms with E-state index in [4.69, 9.17) is 11.6 Å². The van der Waals surface area contributed by atoms with Gasteiger partial charge in [-0.3, -0.25) is 0 Å². The molecule has 3 nitrogen and oxygen atoms in total. The zero-order valence-corrected chi connectivity index (χ0v) is 12.2. The molecular weight excluding hydrogens is 311 g/mol. The van der Waals surface area contributed by atoms with Crippen molar-refractivity contribution in [2.45, 2.75) is 23.5 Å². The van der Waals surface area contributed by atoms with E-state index < -0.39 is 12.0 Å². The highest BCUT2D eigenvalue weighted by Crippen LogP contribution is 2.38. The molecule has 0 spiro atoms. The molecule has 0 aliphatic rings. The van der Waals surface area contributed by atoms with Crippen LogP contribution in [0.1, 0.15) is 23.6 Å². The van der Waals surface area contributed by atoms with Crippen molar-refractivity contribution in [2.24, 2.45) is 7.05 Å². The van der Waals surface area contributed by atoms with Gasteiger partial charge < -0.3 is 4.57 Å². The molecule has 20 heavy (non-hydrogen) atoms. The minimum atomic E-state index is -4.51. The van der Waals surface area contributed by atoms with E-state index in [1.807, 2.05) is 19.1 Å². The van der Waals surface area contributed by atoms with E-state index in [1.54, 1.807) is 12.1 Å². The summed E-state index contributed by atoms with van der Waals surface area (Å²) in [5.74, 6) is -1.01. The van der Waals surface area contributed by atoms with Crippen LogP contribution < -0.4 is 0 Å². The maximum Gasteiger partial charge on any atom is 0.451 e. The molecule has 2 aromatic rings. The van der Waals surface area contributed by atoms with Crippen molar-refractivity contribution >= 4 is 23.4 Å². The number of nitrogens with zero attached hydrogens (tertiary/aromatic N) is 3. The molecule has 0 aliphatic carbocycles. The smallest absolute Gasteiger partial charge is 0.302 e. The van der Waals surface area contributed by atoms with Gasteiger partial charge in [0, 0.05) is 17.3 Å². The van der Waals surface area contributed by atoms with Gasteiger partial charge in [-0.25, -0.2) is 0 Å². The van der Waals surface area contributed by atoms with Crippen LogP contribution in [-0.4, -0.2) is 14.8 Å². The Kier molecular flexibility index (Phi) is 4.29. The molecule has 0 N–H and O–H groups in total. The predicted molar refractivity (Wildman–Crippen MR) is 71.7 cm³/mol. The van der Waals surface area contributed by atoms with Crippen LogP contribution in [0.25, 0.3) is 0 Å². The number of rotatable bonds is 3. The second-order valence-electron chi connectivity index (χ2n) is 4.14.